The summed E-state index contributed by atoms with van der Waals surface area (Å²) in [6.45, 7) is 3.80. The van der Waals surface area contributed by atoms with Crippen LogP contribution in [-0.2, 0) is 0 Å². The summed E-state index contributed by atoms with van der Waals surface area (Å²) in [4.78, 5) is 26.7. The molecule has 4 heterocycles. The van der Waals surface area contributed by atoms with Crippen LogP contribution in [-0.4, -0.2) is 29.3 Å². The summed E-state index contributed by atoms with van der Waals surface area (Å²) in [7, 11) is 0. The Hall–Kier alpha value is -4.86. The molecule has 0 atom stereocenters. The zero-order chi connectivity index (χ0) is 24.5. The standard InChI is InChI=1S/C25H20N6O4/c1-16(2)30-23(32)11-9-20(27-30)24-21-14-19(35-22-10-8-18(15-26-22)31(33)34)12-13-29(21)28-25(24)17-6-4-3-5-7-17/h3-16H,1-2H3. The van der Waals surface area contributed by atoms with Crippen molar-refractivity contribution in [2.75, 3.05) is 0 Å². The highest BCUT2D eigenvalue weighted by Gasteiger charge is 2.20. The first-order valence-electron chi connectivity index (χ1n) is 10.9. The number of fused-ring (bicyclic) bond motifs is 1. The molecule has 0 aliphatic heterocycles. The number of benzene rings is 1. The number of hydrogen-bond acceptors (Lipinski definition) is 7. The number of ether oxygens (including phenoxy) is 1. The average Bonchev–Trinajstić information content (AvgIpc) is 3.24. The van der Waals surface area contributed by atoms with E-state index in [1.54, 1.807) is 28.9 Å². The molecule has 10 heteroatoms. The topological polar surface area (TPSA) is 117 Å². The van der Waals surface area contributed by atoms with Crippen LogP contribution in [0.1, 0.15) is 19.9 Å². The number of nitro groups is 1. The highest BCUT2D eigenvalue weighted by atomic mass is 16.6. The quantitative estimate of drug-likeness (QED) is 0.257. The Morgan fingerprint density at radius 1 is 1.00 bits per heavy atom. The van der Waals surface area contributed by atoms with Crippen LogP contribution in [0, 0.1) is 10.1 Å². The molecule has 0 saturated heterocycles. The minimum Gasteiger partial charge on any atom is -0.439 e. The van der Waals surface area contributed by atoms with Crippen LogP contribution in [0.2, 0.25) is 0 Å². The number of rotatable bonds is 6. The molecule has 10 nitrogen and oxygen atoms in total. The third-order valence-corrected chi connectivity index (χ3v) is 5.38. The second-order valence-corrected chi connectivity index (χ2v) is 8.09. The second kappa shape index (κ2) is 8.82. The second-order valence-electron chi connectivity index (χ2n) is 8.09. The van der Waals surface area contributed by atoms with Gasteiger partial charge in [-0.1, -0.05) is 30.3 Å². The van der Waals surface area contributed by atoms with Gasteiger partial charge in [0.05, 0.1) is 27.7 Å². The molecule has 0 fully saturated rings. The van der Waals surface area contributed by atoms with Crippen molar-refractivity contribution in [1.82, 2.24) is 24.4 Å². The summed E-state index contributed by atoms with van der Waals surface area (Å²) in [5.74, 6) is 0.688. The fourth-order valence-electron chi connectivity index (χ4n) is 3.73. The fourth-order valence-corrected chi connectivity index (χ4v) is 3.73. The van der Waals surface area contributed by atoms with E-state index in [1.807, 2.05) is 44.2 Å². The van der Waals surface area contributed by atoms with E-state index in [2.05, 4.69) is 10.1 Å². The maximum atomic E-state index is 12.3. The minimum absolute atomic E-state index is 0.114. The van der Waals surface area contributed by atoms with Crippen molar-refractivity contribution in [3.63, 3.8) is 0 Å². The van der Waals surface area contributed by atoms with E-state index in [0.29, 0.717) is 22.7 Å². The SMILES string of the molecule is CC(C)n1nc(-c2c(-c3ccccc3)nn3ccc(Oc4ccc([N+](=O)[O-])cn4)cc23)ccc1=O. The Morgan fingerprint density at radius 2 is 1.80 bits per heavy atom. The van der Waals surface area contributed by atoms with Gasteiger partial charge in [0, 0.05) is 36.0 Å². The van der Waals surface area contributed by atoms with Gasteiger partial charge in [0.2, 0.25) is 5.88 Å². The lowest BCUT2D eigenvalue weighted by Gasteiger charge is -2.11. The molecule has 0 spiro atoms. The third-order valence-electron chi connectivity index (χ3n) is 5.38. The summed E-state index contributed by atoms with van der Waals surface area (Å²) in [5.41, 5.74) is 3.35. The molecular weight excluding hydrogens is 448 g/mol. The fraction of sp³-hybridized carbons (Fsp3) is 0.120. The minimum atomic E-state index is -0.518. The van der Waals surface area contributed by atoms with Gasteiger partial charge < -0.3 is 4.74 Å². The molecular formula is C25H20N6O4. The molecule has 5 aromatic rings. The van der Waals surface area contributed by atoms with Crippen LogP contribution in [0.15, 0.2) is 83.9 Å². The van der Waals surface area contributed by atoms with Crippen LogP contribution >= 0.6 is 0 Å². The highest BCUT2D eigenvalue weighted by molar-refractivity contribution is 5.91. The van der Waals surface area contributed by atoms with Gasteiger partial charge in [-0.2, -0.15) is 10.2 Å². The Morgan fingerprint density at radius 3 is 2.49 bits per heavy atom. The molecule has 174 valence electrons. The lowest BCUT2D eigenvalue weighted by Crippen LogP contribution is -2.23. The third kappa shape index (κ3) is 4.24. The van der Waals surface area contributed by atoms with Crippen molar-refractivity contribution in [2.45, 2.75) is 19.9 Å². The Labute approximate surface area is 199 Å². The van der Waals surface area contributed by atoms with Gasteiger partial charge in [-0.05, 0) is 26.0 Å². The van der Waals surface area contributed by atoms with Crippen LogP contribution < -0.4 is 10.3 Å². The summed E-state index contributed by atoms with van der Waals surface area (Å²) in [5, 5.41) is 20.3. The monoisotopic (exact) mass is 468 g/mol. The van der Waals surface area contributed by atoms with Crippen molar-refractivity contribution in [1.29, 1.82) is 0 Å². The first-order chi connectivity index (χ1) is 16.9. The first kappa shape index (κ1) is 22.0. The predicted molar refractivity (Wildman–Crippen MR) is 129 cm³/mol. The van der Waals surface area contributed by atoms with Gasteiger partial charge in [0.15, 0.2) is 0 Å². The summed E-state index contributed by atoms with van der Waals surface area (Å²) >= 11 is 0. The molecule has 1 aromatic carbocycles. The zero-order valence-corrected chi connectivity index (χ0v) is 18.9. The van der Waals surface area contributed by atoms with Crippen molar-refractivity contribution in [3.05, 3.63) is 99.6 Å². The number of hydrogen-bond donors (Lipinski definition) is 0. The molecule has 0 bridgehead atoms. The van der Waals surface area contributed by atoms with Crippen LogP contribution in [0.3, 0.4) is 0 Å². The van der Waals surface area contributed by atoms with Gasteiger partial charge >= 0.3 is 0 Å². The van der Waals surface area contributed by atoms with E-state index in [-0.39, 0.29) is 23.2 Å². The number of nitrogens with zero attached hydrogens (tertiary/aromatic N) is 6. The molecule has 0 radical (unpaired) electrons. The van der Waals surface area contributed by atoms with Crippen molar-refractivity contribution in [3.8, 4) is 34.1 Å². The smallest absolute Gasteiger partial charge is 0.287 e. The molecule has 4 aromatic heterocycles. The van der Waals surface area contributed by atoms with Crippen LogP contribution in [0.4, 0.5) is 5.69 Å². The molecule has 0 unspecified atom stereocenters. The maximum absolute atomic E-state index is 12.3. The lowest BCUT2D eigenvalue weighted by atomic mass is 10.0. The first-order valence-corrected chi connectivity index (χ1v) is 10.9. The number of pyridine rings is 2. The van der Waals surface area contributed by atoms with E-state index < -0.39 is 4.92 Å². The van der Waals surface area contributed by atoms with E-state index in [1.165, 1.54) is 22.9 Å². The molecule has 0 amide bonds. The Balaban J connectivity index is 1.66. The Kier molecular flexibility index (Phi) is 5.54. The van der Waals surface area contributed by atoms with E-state index in [0.717, 1.165) is 17.3 Å². The van der Waals surface area contributed by atoms with Crippen LogP contribution in [0.5, 0.6) is 11.6 Å². The van der Waals surface area contributed by atoms with Gasteiger partial charge in [0.25, 0.3) is 11.2 Å². The normalized spacial score (nSPS) is 11.2. The summed E-state index contributed by atoms with van der Waals surface area (Å²) in [6, 6.07) is 19.1. The van der Waals surface area contributed by atoms with Crippen molar-refractivity contribution >= 4 is 11.2 Å². The van der Waals surface area contributed by atoms with Crippen molar-refractivity contribution < 1.29 is 9.66 Å². The van der Waals surface area contributed by atoms with Gasteiger partial charge in [0.1, 0.15) is 17.6 Å². The largest absolute Gasteiger partial charge is 0.439 e. The lowest BCUT2D eigenvalue weighted by molar-refractivity contribution is -0.385. The van der Waals surface area contributed by atoms with Crippen molar-refractivity contribution in [2.24, 2.45) is 0 Å². The molecule has 0 aliphatic carbocycles. The number of aromatic nitrogens is 5. The Bertz CT molecular complexity index is 1590. The molecule has 35 heavy (non-hydrogen) atoms. The molecule has 5 rings (SSSR count). The van der Waals surface area contributed by atoms with Gasteiger partial charge in [-0.15, -0.1) is 0 Å². The molecule has 0 N–H and O–H groups in total. The van der Waals surface area contributed by atoms with E-state index in [9.17, 15) is 14.9 Å². The van der Waals surface area contributed by atoms with E-state index in [4.69, 9.17) is 9.84 Å². The predicted octanol–water partition coefficient (Wildman–Crippen LogP) is 4.90. The highest BCUT2D eigenvalue weighted by Crippen LogP contribution is 2.35. The van der Waals surface area contributed by atoms with Crippen LogP contribution in [0.25, 0.3) is 28.0 Å². The summed E-state index contributed by atoms with van der Waals surface area (Å²) < 4.78 is 9.02. The molecule has 0 saturated carbocycles. The van der Waals surface area contributed by atoms with Gasteiger partial charge in [-0.25, -0.2) is 14.2 Å². The van der Waals surface area contributed by atoms with E-state index >= 15 is 0 Å². The maximum Gasteiger partial charge on any atom is 0.287 e. The summed E-state index contributed by atoms with van der Waals surface area (Å²) in [6.07, 6.45) is 2.90. The average molecular weight is 468 g/mol. The zero-order valence-electron chi connectivity index (χ0n) is 18.9. The van der Waals surface area contributed by atoms with Gasteiger partial charge in [-0.3, -0.25) is 14.9 Å². The molecule has 0 aliphatic rings.